The Morgan fingerprint density at radius 1 is 1.17 bits per heavy atom. The second-order valence-electron chi connectivity index (χ2n) is 6.80. The van der Waals surface area contributed by atoms with Crippen molar-refractivity contribution in [2.45, 2.75) is 25.2 Å². The molecule has 0 aliphatic carbocycles. The van der Waals surface area contributed by atoms with Crippen LogP contribution < -0.4 is 10.1 Å². The van der Waals surface area contributed by atoms with Gasteiger partial charge in [-0.1, -0.05) is 25.1 Å². The highest BCUT2D eigenvalue weighted by Crippen LogP contribution is 2.26. The second kappa shape index (κ2) is 9.39. The van der Waals surface area contributed by atoms with Crippen molar-refractivity contribution in [3.63, 3.8) is 0 Å². The predicted molar refractivity (Wildman–Crippen MR) is 111 cm³/mol. The molecule has 1 saturated heterocycles. The number of amides is 1. The number of benzene rings is 2. The van der Waals surface area contributed by atoms with Gasteiger partial charge in [-0.05, 0) is 43.2 Å². The second-order valence-corrected chi connectivity index (χ2v) is 8.70. The van der Waals surface area contributed by atoms with Crippen LogP contribution in [-0.4, -0.2) is 51.5 Å². The summed E-state index contributed by atoms with van der Waals surface area (Å²) < 4.78 is 38.4. The number of hydrogen-bond acceptors (Lipinski definition) is 5. The first-order chi connectivity index (χ1) is 13.9. The van der Waals surface area contributed by atoms with Crippen LogP contribution in [0.2, 0.25) is 0 Å². The molecule has 0 unspecified atom stereocenters. The monoisotopic (exact) mass is 418 g/mol. The van der Waals surface area contributed by atoms with Crippen LogP contribution in [0.25, 0.3) is 0 Å². The number of morpholine rings is 1. The van der Waals surface area contributed by atoms with Gasteiger partial charge in [-0.3, -0.25) is 4.79 Å². The molecule has 1 amide bonds. The molecule has 2 aromatic carbocycles. The number of ether oxygens (including phenoxy) is 2. The lowest BCUT2D eigenvalue weighted by Crippen LogP contribution is -2.40. The lowest BCUT2D eigenvalue weighted by atomic mass is 10.1. The van der Waals surface area contributed by atoms with E-state index in [1.165, 1.54) is 10.4 Å². The summed E-state index contributed by atoms with van der Waals surface area (Å²) in [6.07, 6.45) is 0.850. The quantitative estimate of drug-likeness (QED) is 0.747. The maximum Gasteiger partial charge on any atom is 0.255 e. The van der Waals surface area contributed by atoms with Crippen LogP contribution in [0.3, 0.4) is 0 Å². The van der Waals surface area contributed by atoms with E-state index in [1.807, 2.05) is 13.0 Å². The Morgan fingerprint density at radius 2 is 1.90 bits per heavy atom. The zero-order valence-corrected chi connectivity index (χ0v) is 17.5. The molecule has 1 aliphatic heterocycles. The number of nitrogens with one attached hydrogen (secondary N) is 1. The van der Waals surface area contributed by atoms with E-state index in [4.69, 9.17) is 9.47 Å². The summed E-state index contributed by atoms with van der Waals surface area (Å²) in [5.41, 5.74) is 1.41. The summed E-state index contributed by atoms with van der Waals surface area (Å²) >= 11 is 0. The van der Waals surface area contributed by atoms with Crippen molar-refractivity contribution in [1.29, 1.82) is 0 Å². The number of nitrogens with zero attached hydrogens (tertiary/aromatic N) is 1. The lowest BCUT2D eigenvalue weighted by molar-refractivity contribution is 0.0730. The number of sulfonamides is 1. The highest BCUT2D eigenvalue weighted by atomic mass is 32.2. The predicted octanol–water partition coefficient (Wildman–Crippen LogP) is 3.06. The molecular weight excluding hydrogens is 392 g/mol. The fourth-order valence-corrected chi connectivity index (χ4v) is 4.71. The first kappa shape index (κ1) is 21.3. The third-order valence-corrected chi connectivity index (χ3v) is 6.68. The average molecular weight is 419 g/mol. The molecule has 7 nitrogen and oxygen atoms in total. The van der Waals surface area contributed by atoms with Gasteiger partial charge >= 0.3 is 0 Å². The van der Waals surface area contributed by atoms with Gasteiger partial charge in [-0.25, -0.2) is 8.42 Å². The maximum atomic E-state index is 13.0. The van der Waals surface area contributed by atoms with Crippen molar-refractivity contribution in [3.05, 3.63) is 53.6 Å². The Bertz CT molecular complexity index is 969. The zero-order chi connectivity index (χ0) is 20.9. The van der Waals surface area contributed by atoms with Crippen LogP contribution in [0.1, 0.15) is 29.3 Å². The van der Waals surface area contributed by atoms with E-state index in [0.29, 0.717) is 49.9 Å². The summed E-state index contributed by atoms with van der Waals surface area (Å²) in [4.78, 5) is 13.0. The van der Waals surface area contributed by atoms with Gasteiger partial charge in [0.15, 0.2) is 0 Å². The molecule has 1 heterocycles. The fraction of sp³-hybridized carbons (Fsp3) is 0.381. The number of anilines is 1. The van der Waals surface area contributed by atoms with E-state index in [2.05, 4.69) is 5.32 Å². The molecule has 0 atom stereocenters. The number of hydrogen-bond donors (Lipinski definition) is 1. The van der Waals surface area contributed by atoms with Crippen molar-refractivity contribution in [2.24, 2.45) is 0 Å². The Morgan fingerprint density at radius 3 is 2.62 bits per heavy atom. The van der Waals surface area contributed by atoms with Crippen molar-refractivity contribution in [3.8, 4) is 5.75 Å². The van der Waals surface area contributed by atoms with E-state index < -0.39 is 15.9 Å². The van der Waals surface area contributed by atoms with Gasteiger partial charge in [0, 0.05) is 18.7 Å². The molecule has 2 aromatic rings. The summed E-state index contributed by atoms with van der Waals surface area (Å²) in [6, 6.07) is 11.9. The van der Waals surface area contributed by atoms with Crippen LogP contribution in [0.15, 0.2) is 47.4 Å². The third-order valence-electron chi connectivity index (χ3n) is 4.64. The molecule has 3 rings (SSSR count). The minimum atomic E-state index is -3.69. The van der Waals surface area contributed by atoms with Crippen LogP contribution in [0, 0.1) is 6.92 Å². The normalized spacial score (nSPS) is 15.1. The van der Waals surface area contributed by atoms with Crippen LogP contribution >= 0.6 is 0 Å². The van der Waals surface area contributed by atoms with Gasteiger partial charge in [-0.2, -0.15) is 4.31 Å². The van der Waals surface area contributed by atoms with Crippen molar-refractivity contribution >= 4 is 21.6 Å². The minimum absolute atomic E-state index is 0.141. The molecule has 0 saturated carbocycles. The standard InChI is InChI=1S/C21H26N2O5S/c1-3-12-28-19-7-5-4-6-18(19)22-21(24)17-9-8-16(2)20(15-17)29(25,26)23-10-13-27-14-11-23/h4-9,15H,3,10-14H2,1-2H3,(H,22,24). The summed E-state index contributed by atoms with van der Waals surface area (Å²) in [7, 11) is -3.69. The molecule has 8 heteroatoms. The van der Waals surface area contributed by atoms with Crippen LogP contribution in [0.5, 0.6) is 5.75 Å². The van der Waals surface area contributed by atoms with Crippen molar-refractivity contribution in [2.75, 3.05) is 38.2 Å². The number of rotatable bonds is 7. The number of aryl methyl sites for hydroxylation is 1. The van der Waals surface area contributed by atoms with Gasteiger partial charge < -0.3 is 14.8 Å². The molecule has 0 radical (unpaired) electrons. The van der Waals surface area contributed by atoms with Gasteiger partial charge in [0.05, 0.1) is 30.4 Å². The van der Waals surface area contributed by atoms with Crippen molar-refractivity contribution < 1.29 is 22.7 Å². The topological polar surface area (TPSA) is 84.9 Å². The molecular formula is C21H26N2O5S. The highest BCUT2D eigenvalue weighted by molar-refractivity contribution is 7.89. The molecule has 1 N–H and O–H groups in total. The smallest absolute Gasteiger partial charge is 0.255 e. The first-order valence-corrected chi connectivity index (χ1v) is 11.1. The molecule has 0 bridgehead atoms. The van der Waals surface area contributed by atoms with Crippen molar-refractivity contribution in [1.82, 2.24) is 4.31 Å². The minimum Gasteiger partial charge on any atom is -0.491 e. The Kier molecular flexibility index (Phi) is 6.89. The van der Waals surface area contributed by atoms with Gasteiger partial charge in [0.1, 0.15) is 5.75 Å². The largest absolute Gasteiger partial charge is 0.491 e. The Hall–Kier alpha value is -2.42. The third kappa shape index (κ3) is 4.95. The summed E-state index contributed by atoms with van der Waals surface area (Å²) in [5.74, 6) is 0.187. The SMILES string of the molecule is CCCOc1ccccc1NC(=O)c1ccc(C)c(S(=O)(=O)N2CCOCC2)c1. The number of carbonyl (C=O) groups excluding carboxylic acids is 1. The van der Waals surface area contributed by atoms with Gasteiger partial charge in [0.25, 0.3) is 5.91 Å². The molecule has 29 heavy (non-hydrogen) atoms. The Balaban J connectivity index is 1.85. The summed E-state index contributed by atoms with van der Waals surface area (Å²) in [5, 5.41) is 2.82. The lowest BCUT2D eigenvalue weighted by Gasteiger charge is -2.26. The molecule has 156 valence electrons. The van der Waals surface area contributed by atoms with E-state index in [9.17, 15) is 13.2 Å². The molecule has 0 aromatic heterocycles. The number of carbonyl (C=O) groups is 1. The first-order valence-electron chi connectivity index (χ1n) is 9.65. The van der Waals surface area contributed by atoms with Gasteiger partial charge in [0.2, 0.25) is 10.0 Å². The van der Waals surface area contributed by atoms with Crippen LogP contribution in [-0.2, 0) is 14.8 Å². The maximum absolute atomic E-state index is 13.0. The van der Waals surface area contributed by atoms with Crippen LogP contribution in [0.4, 0.5) is 5.69 Å². The fourth-order valence-electron chi connectivity index (χ4n) is 3.05. The van der Waals surface area contributed by atoms with E-state index in [-0.39, 0.29) is 10.5 Å². The van der Waals surface area contributed by atoms with Gasteiger partial charge in [-0.15, -0.1) is 0 Å². The zero-order valence-electron chi connectivity index (χ0n) is 16.7. The van der Waals surface area contributed by atoms with E-state index in [0.717, 1.165) is 6.42 Å². The Labute approximate surface area is 171 Å². The van der Waals surface area contributed by atoms with E-state index >= 15 is 0 Å². The molecule has 1 aliphatic rings. The molecule has 1 fully saturated rings. The summed E-state index contributed by atoms with van der Waals surface area (Å²) in [6.45, 7) is 5.62. The highest BCUT2D eigenvalue weighted by Gasteiger charge is 2.28. The van der Waals surface area contributed by atoms with E-state index in [1.54, 1.807) is 37.3 Å². The number of para-hydroxylation sites is 2. The molecule has 0 spiro atoms. The average Bonchev–Trinajstić information content (AvgIpc) is 2.74.